The summed E-state index contributed by atoms with van der Waals surface area (Å²) in [5, 5.41) is 5.94. The quantitative estimate of drug-likeness (QED) is 0.746. The summed E-state index contributed by atoms with van der Waals surface area (Å²) in [7, 11) is 0. The Hall–Kier alpha value is -0.340. The lowest BCUT2D eigenvalue weighted by molar-refractivity contribution is 0.435. The van der Waals surface area contributed by atoms with Crippen LogP contribution in [-0.4, -0.2) is 12.6 Å². The van der Waals surface area contributed by atoms with E-state index >= 15 is 0 Å². The van der Waals surface area contributed by atoms with Gasteiger partial charge in [0, 0.05) is 16.8 Å². The van der Waals surface area contributed by atoms with Gasteiger partial charge in [0.2, 0.25) is 0 Å². The average molecular weight is 207 g/mol. The van der Waals surface area contributed by atoms with Crippen LogP contribution in [0.2, 0.25) is 0 Å². The Morgan fingerprint density at radius 3 is 3.14 bits per heavy atom. The highest BCUT2D eigenvalue weighted by molar-refractivity contribution is 7.10. The van der Waals surface area contributed by atoms with E-state index in [1.165, 1.54) is 38.6 Å². The van der Waals surface area contributed by atoms with E-state index in [-0.39, 0.29) is 0 Å². The molecule has 1 nitrogen and oxygen atoms in total. The van der Waals surface area contributed by atoms with Gasteiger partial charge in [0.15, 0.2) is 0 Å². The van der Waals surface area contributed by atoms with Crippen LogP contribution in [0.1, 0.15) is 42.0 Å². The van der Waals surface area contributed by atoms with Crippen LogP contribution in [0, 0.1) is 0 Å². The molecule has 2 atom stereocenters. The standard InChI is InChI=1S/C12H17NS/c1-3-9(11-4-2-7-13-11)10-6-8-14-12(10)5-1/h6,8-9,11,13H,1-5,7H2/t9-,11-/m1/s1. The molecule has 1 aliphatic carbocycles. The fraction of sp³-hybridized carbons (Fsp3) is 0.667. The fourth-order valence-electron chi connectivity index (χ4n) is 2.99. The second-order valence-electron chi connectivity index (χ2n) is 4.50. The van der Waals surface area contributed by atoms with Crippen molar-refractivity contribution < 1.29 is 0 Å². The second-order valence-corrected chi connectivity index (χ2v) is 5.50. The summed E-state index contributed by atoms with van der Waals surface area (Å²) in [6.07, 6.45) is 6.90. The molecule has 0 amide bonds. The van der Waals surface area contributed by atoms with E-state index < -0.39 is 0 Å². The van der Waals surface area contributed by atoms with Crippen molar-refractivity contribution in [2.75, 3.05) is 6.54 Å². The maximum Gasteiger partial charge on any atom is 0.0137 e. The number of hydrogen-bond donors (Lipinski definition) is 1. The third-order valence-corrected chi connectivity index (χ3v) is 4.68. The first kappa shape index (κ1) is 8.93. The summed E-state index contributed by atoms with van der Waals surface area (Å²) in [4.78, 5) is 1.66. The number of aryl methyl sites for hydroxylation is 1. The van der Waals surface area contributed by atoms with Crippen LogP contribution in [0.3, 0.4) is 0 Å². The van der Waals surface area contributed by atoms with Crippen molar-refractivity contribution in [1.29, 1.82) is 0 Å². The minimum Gasteiger partial charge on any atom is -0.313 e. The van der Waals surface area contributed by atoms with Crippen LogP contribution in [-0.2, 0) is 6.42 Å². The highest BCUT2D eigenvalue weighted by atomic mass is 32.1. The molecule has 1 aromatic rings. The van der Waals surface area contributed by atoms with Gasteiger partial charge in [-0.3, -0.25) is 0 Å². The van der Waals surface area contributed by atoms with Gasteiger partial charge in [0.25, 0.3) is 0 Å². The van der Waals surface area contributed by atoms with Gasteiger partial charge in [-0.05, 0) is 55.7 Å². The predicted octanol–water partition coefficient (Wildman–Crippen LogP) is 2.92. The van der Waals surface area contributed by atoms with Crippen molar-refractivity contribution in [3.05, 3.63) is 21.9 Å². The first-order valence-electron chi connectivity index (χ1n) is 5.75. The van der Waals surface area contributed by atoms with Crippen LogP contribution in [0.4, 0.5) is 0 Å². The summed E-state index contributed by atoms with van der Waals surface area (Å²) >= 11 is 1.96. The lowest BCUT2D eigenvalue weighted by Crippen LogP contribution is -2.30. The lowest BCUT2D eigenvalue weighted by atomic mass is 9.82. The molecule has 2 aliphatic rings. The molecule has 0 unspecified atom stereocenters. The van der Waals surface area contributed by atoms with Crippen LogP contribution < -0.4 is 5.32 Å². The Balaban J connectivity index is 1.88. The van der Waals surface area contributed by atoms with Gasteiger partial charge in [-0.1, -0.05) is 0 Å². The molecule has 0 aromatic carbocycles. The molecule has 1 saturated heterocycles. The number of rotatable bonds is 1. The van der Waals surface area contributed by atoms with E-state index in [0.717, 1.165) is 12.0 Å². The zero-order valence-electron chi connectivity index (χ0n) is 8.46. The number of nitrogens with one attached hydrogen (secondary N) is 1. The molecule has 1 N–H and O–H groups in total. The van der Waals surface area contributed by atoms with Crippen molar-refractivity contribution in [2.24, 2.45) is 0 Å². The van der Waals surface area contributed by atoms with Gasteiger partial charge in [0.05, 0.1) is 0 Å². The third kappa shape index (κ3) is 1.41. The molecule has 76 valence electrons. The molecular formula is C12H17NS. The highest BCUT2D eigenvalue weighted by Gasteiger charge is 2.29. The molecule has 1 aliphatic heterocycles. The number of thiophene rings is 1. The molecule has 1 aromatic heterocycles. The first-order valence-corrected chi connectivity index (χ1v) is 6.63. The average Bonchev–Trinajstić information content (AvgIpc) is 2.88. The maximum absolute atomic E-state index is 3.66. The molecule has 14 heavy (non-hydrogen) atoms. The number of hydrogen-bond acceptors (Lipinski definition) is 2. The zero-order valence-corrected chi connectivity index (χ0v) is 9.28. The predicted molar refractivity (Wildman–Crippen MR) is 61.0 cm³/mol. The van der Waals surface area contributed by atoms with Gasteiger partial charge in [-0.2, -0.15) is 0 Å². The molecule has 2 heteroatoms. The molecular weight excluding hydrogens is 190 g/mol. The van der Waals surface area contributed by atoms with E-state index in [2.05, 4.69) is 16.8 Å². The molecule has 0 spiro atoms. The van der Waals surface area contributed by atoms with Crippen molar-refractivity contribution in [2.45, 2.75) is 44.1 Å². The van der Waals surface area contributed by atoms with Crippen molar-refractivity contribution in [1.82, 2.24) is 5.32 Å². The Labute approximate surface area is 89.5 Å². The van der Waals surface area contributed by atoms with Gasteiger partial charge in [0.1, 0.15) is 0 Å². The van der Waals surface area contributed by atoms with Gasteiger partial charge in [-0.25, -0.2) is 0 Å². The van der Waals surface area contributed by atoms with E-state index in [9.17, 15) is 0 Å². The molecule has 1 fully saturated rings. The minimum atomic E-state index is 0.781. The van der Waals surface area contributed by atoms with Crippen molar-refractivity contribution in [3.8, 4) is 0 Å². The maximum atomic E-state index is 3.66. The topological polar surface area (TPSA) is 12.0 Å². The normalized spacial score (nSPS) is 31.7. The van der Waals surface area contributed by atoms with Crippen molar-refractivity contribution >= 4 is 11.3 Å². The largest absolute Gasteiger partial charge is 0.313 e. The molecule has 0 saturated carbocycles. The summed E-state index contributed by atoms with van der Waals surface area (Å²) in [6.45, 7) is 1.24. The SMILES string of the molecule is c1cc2c(s1)CCC[C@H]2[C@H]1CCCN1. The van der Waals surface area contributed by atoms with Crippen LogP contribution in [0.15, 0.2) is 11.4 Å². The van der Waals surface area contributed by atoms with Crippen LogP contribution >= 0.6 is 11.3 Å². The van der Waals surface area contributed by atoms with E-state index in [1.54, 1.807) is 10.4 Å². The fourth-order valence-corrected chi connectivity index (χ4v) is 3.99. The number of fused-ring (bicyclic) bond motifs is 1. The molecule has 2 heterocycles. The van der Waals surface area contributed by atoms with E-state index in [0.29, 0.717) is 0 Å². The Morgan fingerprint density at radius 1 is 1.29 bits per heavy atom. The monoisotopic (exact) mass is 207 g/mol. The summed E-state index contributed by atoms with van der Waals surface area (Å²) in [6, 6.07) is 3.15. The van der Waals surface area contributed by atoms with Gasteiger partial charge in [-0.15, -0.1) is 11.3 Å². The Kier molecular flexibility index (Phi) is 2.34. The summed E-state index contributed by atoms with van der Waals surface area (Å²) in [5.74, 6) is 0.826. The molecule has 3 rings (SSSR count). The van der Waals surface area contributed by atoms with E-state index in [1.807, 2.05) is 11.3 Å². The second kappa shape index (κ2) is 3.67. The first-order chi connectivity index (χ1) is 6.95. The minimum absolute atomic E-state index is 0.781. The lowest BCUT2D eigenvalue weighted by Gasteiger charge is -2.28. The third-order valence-electron chi connectivity index (χ3n) is 3.68. The highest BCUT2D eigenvalue weighted by Crippen LogP contribution is 2.38. The Morgan fingerprint density at radius 2 is 2.29 bits per heavy atom. The molecule has 0 radical (unpaired) electrons. The van der Waals surface area contributed by atoms with Crippen molar-refractivity contribution in [3.63, 3.8) is 0 Å². The van der Waals surface area contributed by atoms with Gasteiger partial charge >= 0.3 is 0 Å². The molecule has 0 bridgehead atoms. The summed E-state index contributed by atoms with van der Waals surface area (Å²) in [5.41, 5.74) is 1.67. The van der Waals surface area contributed by atoms with Crippen LogP contribution in [0.5, 0.6) is 0 Å². The van der Waals surface area contributed by atoms with Gasteiger partial charge < -0.3 is 5.32 Å². The zero-order chi connectivity index (χ0) is 9.38. The smallest absolute Gasteiger partial charge is 0.0137 e. The Bertz CT molecular complexity index is 312. The summed E-state index contributed by atoms with van der Waals surface area (Å²) < 4.78 is 0. The van der Waals surface area contributed by atoms with Crippen LogP contribution in [0.25, 0.3) is 0 Å². The van der Waals surface area contributed by atoms with E-state index in [4.69, 9.17) is 0 Å².